The minimum absolute atomic E-state index is 0.00737. The Balaban J connectivity index is 2.43. The highest BCUT2D eigenvalue weighted by atomic mass is 19.2. The van der Waals surface area contributed by atoms with Gasteiger partial charge in [0.1, 0.15) is 0 Å². The molecule has 0 saturated carbocycles. The van der Waals surface area contributed by atoms with Crippen molar-refractivity contribution in [3.8, 4) is 0 Å². The van der Waals surface area contributed by atoms with Gasteiger partial charge in [0.25, 0.3) is 0 Å². The van der Waals surface area contributed by atoms with Crippen LogP contribution in [0.4, 0.5) is 8.78 Å². The summed E-state index contributed by atoms with van der Waals surface area (Å²) < 4.78 is 28.7. The lowest BCUT2D eigenvalue weighted by molar-refractivity contribution is 0.102. The zero-order valence-corrected chi connectivity index (χ0v) is 8.74. The summed E-state index contributed by atoms with van der Waals surface area (Å²) in [5, 5.41) is 10.2. The molecule has 1 aliphatic rings. The van der Waals surface area contributed by atoms with Crippen molar-refractivity contribution < 1.29 is 13.9 Å². The van der Waals surface area contributed by atoms with Crippen molar-refractivity contribution in [2.24, 2.45) is 5.92 Å². The smallest absolute Gasteiger partial charge is 0.168 e. The van der Waals surface area contributed by atoms with E-state index in [-0.39, 0.29) is 11.3 Å². The van der Waals surface area contributed by atoms with Crippen LogP contribution < -0.4 is 0 Å². The first-order valence-corrected chi connectivity index (χ1v) is 5.24. The first kappa shape index (κ1) is 9.78. The molecule has 0 bridgehead atoms. The molecular formula is C12H11F2NO. The Morgan fingerprint density at radius 1 is 1.44 bits per heavy atom. The van der Waals surface area contributed by atoms with Crippen LogP contribution in [0.15, 0.2) is 18.3 Å². The lowest BCUT2D eigenvalue weighted by atomic mass is 9.92. The third-order valence-corrected chi connectivity index (χ3v) is 3.31. The van der Waals surface area contributed by atoms with E-state index < -0.39 is 17.7 Å². The predicted octanol–water partition coefficient (Wildman–Crippen LogP) is 2.60. The molecule has 1 aromatic carbocycles. The number of aliphatic hydroxyl groups excluding tert-OH is 1. The topological polar surface area (TPSA) is 25.2 Å². The number of aliphatic hydroxyl groups is 1. The fourth-order valence-corrected chi connectivity index (χ4v) is 2.46. The quantitative estimate of drug-likeness (QED) is 0.729. The van der Waals surface area contributed by atoms with Crippen molar-refractivity contribution in [3.63, 3.8) is 0 Å². The van der Waals surface area contributed by atoms with E-state index >= 15 is 0 Å². The number of hydrogen-bond donors (Lipinski definition) is 1. The van der Waals surface area contributed by atoms with Gasteiger partial charge in [0.2, 0.25) is 0 Å². The van der Waals surface area contributed by atoms with Crippen LogP contribution in [0.2, 0.25) is 0 Å². The molecule has 0 aliphatic carbocycles. The second kappa shape index (κ2) is 3.04. The molecule has 3 rings (SSSR count). The van der Waals surface area contributed by atoms with E-state index in [1.807, 2.05) is 11.5 Å². The van der Waals surface area contributed by atoms with E-state index in [1.165, 1.54) is 0 Å². The molecule has 1 unspecified atom stereocenters. The number of hydrogen-bond acceptors (Lipinski definition) is 1. The van der Waals surface area contributed by atoms with Gasteiger partial charge in [-0.1, -0.05) is 6.92 Å². The number of aromatic nitrogens is 1. The summed E-state index contributed by atoms with van der Waals surface area (Å²) in [6.45, 7) is 2.52. The molecule has 0 saturated heterocycles. The molecule has 84 valence electrons. The molecule has 2 nitrogen and oxygen atoms in total. The van der Waals surface area contributed by atoms with E-state index in [2.05, 4.69) is 0 Å². The Kier molecular flexibility index (Phi) is 1.86. The molecule has 1 N–H and O–H groups in total. The standard InChI is InChI=1S/C12H11F2NO/c1-6-5-15-3-2-7-10(14)9(13)4-8(11(7)15)12(6)16/h2-4,6,12,16H,5H2,1H3/t6-,12?/m0/s1. The Hall–Kier alpha value is -1.42. The first-order valence-electron chi connectivity index (χ1n) is 5.24. The van der Waals surface area contributed by atoms with Gasteiger partial charge in [0, 0.05) is 29.6 Å². The van der Waals surface area contributed by atoms with Gasteiger partial charge in [-0.3, -0.25) is 0 Å². The fourth-order valence-electron chi connectivity index (χ4n) is 2.46. The normalized spacial score (nSPS) is 24.0. The van der Waals surface area contributed by atoms with Gasteiger partial charge in [0.05, 0.1) is 11.6 Å². The monoisotopic (exact) mass is 223 g/mol. The Bertz CT molecular complexity index is 576. The second-order valence-corrected chi connectivity index (χ2v) is 4.41. The summed E-state index contributed by atoms with van der Waals surface area (Å²) >= 11 is 0. The van der Waals surface area contributed by atoms with E-state index in [4.69, 9.17) is 0 Å². The average molecular weight is 223 g/mol. The Labute approximate surface area is 91.1 Å². The fraction of sp³-hybridized carbons (Fsp3) is 0.333. The molecule has 0 radical (unpaired) electrons. The molecule has 2 atom stereocenters. The van der Waals surface area contributed by atoms with E-state index in [9.17, 15) is 13.9 Å². The highest BCUT2D eigenvalue weighted by Gasteiger charge is 2.28. The third kappa shape index (κ3) is 1.08. The second-order valence-electron chi connectivity index (χ2n) is 4.41. The largest absolute Gasteiger partial charge is 0.388 e. The van der Waals surface area contributed by atoms with Gasteiger partial charge in [-0.25, -0.2) is 8.78 Å². The minimum Gasteiger partial charge on any atom is -0.388 e. The van der Waals surface area contributed by atoms with Crippen LogP contribution in [0.25, 0.3) is 10.9 Å². The Morgan fingerprint density at radius 2 is 2.19 bits per heavy atom. The molecule has 2 heterocycles. The van der Waals surface area contributed by atoms with Crippen LogP contribution in [0.5, 0.6) is 0 Å². The third-order valence-electron chi connectivity index (χ3n) is 3.31. The number of benzene rings is 1. The summed E-state index contributed by atoms with van der Waals surface area (Å²) in [7, 11) is 0. The number of nitrogens with zero attached hydrogens (tertiary/aromatic N) is 1. The predicted molar refractivity (Wildman–Crippen MR) is 56.0 cm³/mol. The van der Waals surface area contributed by atoms with Gasteiger partial charge in [-0.2, -0.15) is 0 Å². The maximum absolute atomic E-state index is 13.5. The molecule has 0 spiro atoms. The first-order chi connectivity index (χ1) is 7.59. The molecule has 16 heavy (non-hydrogen) atoms. The summed E-state index contributed by atoms with van der Waals surface area (Å²) in [6, 6.07) is 2.66. The van der Waals surface area contributed by atoms with Gasteiger partial charge < -0.3 is 9.67 Å². The van der Waals surface area contributed by atoms with Gasteiger partial charge >= 0.3 is 0 Å². The summed E-state index contributed by atoms with van der Waals surface area (Å²) in [5.74, 6) is -1.72. The summed E-state index contributed by atoms with van der Waals surface area (Å²) in [6.07, 6.45) is 1.01. The van der Waals surface area contributed by atoms with E-state index in [1.54, 1.807) is 12.3 Å². The molecular weight excluding hydrogens is 212 g/mol. The maximum Gasteiger partial charge on any atom is 0.168 e. The van der Waals surface area contributed by atoms with Gasteiger partial charge in [0.15, 0.2) is 11.6 Å². The van der Waals surface area contributed by atoms with Crippen LogP contribution in [-0.2, 0) is 6.54 Å². The SMILES string of the molecule is C[C@H]1Cn2ccc3c(F)c(F)cc(c32)C1O. The van der Waals surface area contributed by atoms with Crippen LogP contribution in [0, 0.1) is 17.6 Å². The van der Waals surface area contributed by atoms with Crippen molar-refractivity contribution >= 4 is 10.9 Å². The van der Waals surface area contributed by atoms with Crippen LogP contribution in [0.3, 0.4) is 0 Å². The minimum atomic E-state index is -0.895. The van der Waals surface area contributed by atoms with Crippen molar-refractivity contribution in [2.75, 3.05) is 0 Å². The lowest BCUT2D eigenvalue weighted by Crippen LogP contribution is -2.21. The van der Waals surface area contributed by atoms with E-state index in [0.717, 1.165) is 6.07 Å². The molecule has 2 aromatic rings. The number of halogens is 2. The molecule has 1 aliphatic heterocycles. The van der Waals surface area contributed by atoms with Crippen molar-refractivity contribution in [2.45, 2.75) is 19.6 Å². The lowest BCUT2D eigenvalue weighted by Gasteiger charge is -2.27. The highest BCUT2D eigenvalue weighted by Crippen LogP contribution is 2.37. The zero-order valence-electron chi connectivity index (χ0n) is 8.74. The summed E-state index contributed by atoms with van der Waals surface area (Å²) in [5.41, 5.74) is 1.10. The van der Waals surface area contributed by atoms with E-state index in [0.29, 0.717) is 17.6 Å². The van der Waals surface area contributed by atoms with Crippen molar-refractivity contribution in [3.05, 3.63) is 35.5 Å². The molecule has 1 aromatic heterocycles. The van der Waals surface area contributed by atoms with Crippen LogP contribution in [0.1, 0.15) is 18.6 Å². The summed E-state index contributed by atoms with van der Waals surface area (Å²) in [4.78, 5) is 0. The maximum atomic E-state index is 13.5. The van der Waals surface area contributed by atoms with Crippen molar-refractivity contribution in [1.29, 1.82) is 0 Å². The average Bonchev–Trinajstić information content (AvgIpc) is 2.66. The molecule has 0 amide bonds. The van der Waals surface area contributed by atoms with Gasteiger partial charge in [-0.05, 0) is 12.1 Å². The zero-order chi connectivity index (χ0) is 11.4. The van der Waals surface area contributed by atoms with Crippen molar-refractivity contribution in [1.82, 2.24) is 4.57 Å². The highest BCUT2D eigenvalue weighted by molar-refractivity contribution is 5.85. The molecule has 4 heteroatoms. The van der Waals surface area contributed by atoms with Gasteiger partial charge in [-0.15, -0.1) is 0 Å². The Morgan fingerprint density at radius 3 is 2.94 bits per heavy atom. The molecule has 0 fully saturated rings. The van der Waals surface area contributed by atoms with Crippen LogP contribution >= 0.6 is 0 Å². The number of rotatable bonds is 0. The van der Waals surface area contributed by atoms with Crippen LogP contribution in [-0.4, -0.2) is 9.67 Å².